The molecule has 1 aromatic heterocycles. The Morgan fingerprint density at radius 2 is 1.90 bits per heavy atom. The molecule has 1 saturated carbocycles. The van der Waals surface area contributed by atoms with Crippen molar-refractivity contribution in [3.8, 4) is 0 Å². The summed E-state index contributed by atoms with van der Waals surface area (Å²) in [5, 5.41) is 7.89. The van der Waals surface area contributed by atoms with Crippen LogP contribution >= 0.6 is 0 Å². The Bertz CT molecular complexity index is 1230. The molecule has 164 valence electrons. The molecule has 1 heterocycles. The van der Waals surface area contributed by atoms with Crippen LogP contribution in [-0.2, 0) is 16.4 Å². The summed E-state index contributed by atoms with van der Waals surface area (Å²) in [5.41, 5.74) is 1.17. The highest BCUT2D eigenvalue weighted by Gasteiger charge is 2.24. The van der Waals surface area contributed by atoms with E-state index in [2.05, 4.69) is 17.3 Å². The maximum Gasteiger partial charge on any atom is 0.274 e. The van der Waals surface area contributed by atoms with Crippen molar-refractivity contribution in [2.24, 2.45) is 11.8 Å². The molecular formula is C23H26FN3O3S. The van der Waals surface area contributed by atoms with Crippen LogP contribution in [0.25, 0.3) is 10.9 Å². The van der Waals surface area contributed by atoms with Gasteiger partial charge in [0.25, 0.3) is 5.91 Å². The number of carbonyl (C=O) groups excluding carboxylic acids is 1. The van der Waals surface area contributed by atoms with Crippen LogP contribution in [0.5, 0.6) is 0 Å². The summed E-state index contributed by atoms with van der Waals surface area (Å²) in [4.78, 5) is 13.4. The van der Waals surface area contributed by atoms with Crippen molar-refractivity contribution in [1.29, 1.82) is 0 Å². The average Bonchev–Trinajstić information content (AvgIpc) is 3.06. The Morgan fingerprint density at radius 1 is 1.16 bits per heavy atom. The molecule has 1 N–H and O–H groups in total. The number of hydrogen-bond acceptors (Lipinski definition) is 4. The van der Waals surface area contributed by atoms with Gasteiger partial charge in [-0.05, 0) is 55.0 Å². The molecule has 8 heteroatoms. The summed E-state index contributed by atoms with van der Waals surface area (Å²) in [6.45, 7) is 2.85. The van der Waals surface area contributed by atoms with Crippen molar-refractivity contribution in [3.05, 3.63) is 54.0 Å². The molecule has 3 aromatic rings. The quantitative estimate of drug-likeness (QED) is 0.622. The van der Waals surface area contributed by atoms with Gasteiger partial charge in [-0.3, -0.25) is 9.48 Å². The van der Waals surface area contributed by atoms with Crippen LogP contribution < -0.4 is 5.32 Å². The van der Waals surface area contributed by atoms with Gasteiger partial charge < -0.3 is 5.32 Å². The van der Waals surface area contributed by atoms with Crippen LogP contribution in [0.4, 0.5) is 10.1 Å². The second-order valence-electron chi connectivity index (χ2n) is 8.57. The van der Waals surface area contributed by atoms with Gasteiger partial charge in [0.05, 0.1) is 10.4 Å². The number of fused-ring (bicyclic) bond motifs is 1. The van der Waals surface area contributed by atoms with Crippen molar-refractivity contribution >= 4 is 32.3 Å². The van der Waals surface area contributed by atoms with E-state index in [4.69, 9.17) is 0 Å². The first-order chi connectivity index (χ1) is 14.7. The third-order valence-corrected chi connectivity index (χ3v) is 7.11. The van der Waals surface area contributed by atoms with Crippen molar-refractivity contribution in [3.63, 3.8) is 0 Å². The maximum atomic E-state index is 13.8. The highest BCUT2D eigenvalue weighted by Crippen LogP contribution is 2.31. The minimum atomic E-state index is -3.40. The Balaban J connectivity index is 1.67. The van der Waals surface area contributed by atoms with E-state index in [1.54, 1.807) is 22.9 Å². The van der Waals surface area contributed by atoms with Gasteiger partial charge in [0.15, 0.2) is 9.84 Å². The van der Waals surface area contributed by atoms with Crippen LogP contribution in [0.3, 0.4) is 0 Å². The summed E-state index contributed by atoms with van der Waals surface area (Å²) in [5.74, 6) is 0.322. The maximum absolute atomic E-state index is 13.8. The number of carbonyl (C=O) groups is 1. The van der Waals surface area contributed by atoms with Gasteiger partial charge >= 0.3 is 0 Å². The topological polar surface area (TPSA) is 81.1 Å². The molecule has 0 bridgehead atoms. The molecular weight excluding hydrogens is 417 g/mol. The summed E-state index contributed by atoms with van der Waals surface area (Å²) in [6.07, 6.45) is 5.57. The number of amides is 1. The smallest absolute Gasteiger partial charge is 0.274 e. The number of hydrogen-bond donors (Lipinski definition) is 1. The van der Waals surface area contributed by atoms with E-state index >= 15 is 0 Å². The van der Waals surface area contributed by atoms with Crippen molar-refractivity contribution in [2.75, 3.05) is 11.6 Å². The van der Waals surface area contributed by atoms with Crippen LogP contribution in [0.15, 0.2) is 47.4 Å². The van der Waals surface area contributed by atoms with Gasteiger partial charge in [-0.1, -0.05) is 25.8 Å². The van der Waals surface area contributed by atoms with Gasteiger partial charge in [-0.15, -0.1) is 0 Å². The molecule has 2 aromatic carbocycles. The van der Waals surface area contributed by atoms with E-state index in [-0.39, 0.29) is 4.90 Å². The summed E-state index contributed by atoms with van der Waals surface area (Å²) < 4.78 is 39.1. The third-order valence-electron chi connectivity index (χ3n) is 6.00. The minimum absolute atomic E-state index is 0.127. The molecule has 1 aliphatic rings. The SMILES string of the molecule is CC1CCC(Cn2nc3cc(F)ccc3c2C(=O)Nc2cccc(S(C)(=O)=O)c2)CC1. The number of sulfone groups is 1. The van der Waals surface area contributed by atoms with Crippen molar-refractivity contribution in [2.45, 2.75) is 44.0 Å². The predicted molar refractivity (Wildman–Crippen MR) is 118 cm³/mol. The normalized spacial score (nSPS) is 19.5. The number of nitrogens with zero attached hydrogens (tertiary/aromatic N) is 2. The van der Waals surface area contributed by atoms with Gasteiger partial charge in [-0.25, -0.2) is 12.8 Å². The van der Waals surface area contributed by atoms with E-state index in [1.165, 1.54) is 24.3 Å². The highest BCUT2D eigenvalue weighted by molar-refractivity contribution is 7.90. The first kappa shape index (κ1) is 21.5. The average molecular weight is 444 g/mol. The molecule has 4 rings (SSSR count). The Kier molecular flexibility index (Phi) is 5.83. The van der Waals surface area contributed by atoms with Crippen LogP contribution in [-0.4, -0.2) is 30.4 Å². The number of rotatable bonds is 5. The predicted octanol–water partition coefficient (Wildman–Crippen LogP) is 4.66. The van der Waals surface area contributed by atoms with E-state index < -0.39 is 21.6 Å². The number of halogens is 1. The second kappa shape index (κ2) is 8.42. The fourth-order valence-corrected chi connectivity index (χ4v) is 4.90. The first-order valence-corrected chi connectivity index (χ1v) is 12.4. The van der Waals surface area contributed by atoms with Gasteiger partial charge in [0, 0.05) is 29.9 Å². The Labute approximate surface area is 181 Å². The molecule has 0 radical (unpaired) electrons. The Morgan fingerprint density at radius 3 is 2.61 bits per heavy atom. The fourth-order valence-electron chi connectivity index (χ4n) is 4.23. The molecule has 0 unspecified atom stereocenters. The van der Waals surface area contributed by atoms with Crippen LogP contribution in [0.1, 0.15) is 43.1 Å². The van der Waals surface area contributed by atoms with E-state index in [9.17, 15) is 17.6 Å². The molecule has 31 heavy (non-hydrogen) atoms. The monoisotopic (exact) mass is 443 g/mol. The standard InChI is InChI=1S/C23H26FN3O3S/c1-15-6-8-16(9-7-15)14-27-22(20-11-10-17(24)12-21(20)26-27)23(28)25-18-4-3-5-19(13-18)31(2,29)30/h3-5,10-13,15-16H,6-9,14H2,1-2H3,(H,25,28). The Hall–Kier alpha value is -2.74. The number of aromatic nitrogens is 2. The van der Waals surface area contributed by atoms with Gasteiger partial charge in [0.1, 0.15) is 11.5 Å². The second-order valence-corrected chi connectivity index (χ2v) is 10.6. The van der Waals surface area contributed by atoms with Crippen molar-refractivity contribution in [1.82, 2.24) is 9.78 Å². The summed E-state index contributed by atoms with van der Waals surface area (Å²) in [6, 6.07) is 10.3. The minimum Gasteiger partial charge on any atom is -0.321 e. The first-order valence-electron chi connectivity index (χ1n) is 10.5. The lowest BCUT2D eigenvalue weighted by Crippen LogP contribution is -2.23. The summed E-state index contributed by atoms with van der Waals surface area (Å²) >= 11 is 0. The third kappa shape index (κ3) is 4.79. The molecule has 1 fully saturated rings. The van der Waals surface area contributed by atoms with E-state index in [0.29, 0.717) is 40.7 Å². The summed E-state index contributed by atoms with van der Waals surface area (Å²) in [7, 11) is -3.40. The zero-order chi connectivity index (χ0) is 22.2. The van der Waals surface area contributed by atoms with Crippen LogP contribution in [0, 0.1) is 17.7 Å². The zero-order valence-corrected chi connectivity index (χ0v) is 18.5. The molecule has 0 atom stereocenters. The van der Waals surface area contributed by atoms with E-state index in [1.807, 2.05) is 0 Å². The van der Waals surface area contributed by atoms with Gasteiger partial charge in [-0.2, -0.15) is 5.10 Å². The van der Waals surface area contributed by atoms with E-state index in [0.717, 1.165) is 31.9 Å². The number of anilines is 1. The lowest BCUT2D eigenvalue weighted by atomic mass is 9.83. The van der Waals surface area contributed by atoms with Gasteiger partial charge in [0.2, 0.25) is 0 Å². The molecule has 1 amide bonds. The molecule has 0 saturated heterocycles. The number of nitrogens with one attached hydrogen (secondary N) is 1. The lowest BCUT2D eigenvalue weighted by molar-refractivity contribution is 0.101. The zero-order valence-electron chi connectivity index (χ0n) is 17.6. The van der Waals surface area contributed by atoms with Crippen molar-refractivity contribution < 1.29 is 17.6 Å². The molecule has 0 aliphatic heterocycles. The number of benzene rings is 2. The molecule has 6 nitrogen and oxygen atoms in total. The molecule has 1 aliphatic carbocycles. The molecule has 0 spiro atoms. The van der Waals surface area contributed by atoms with Crippen LogP contribution in [0.2, 0.25) is 0 Å². The largest absolute Gasteiger partial charge is 0.321 e. The highest BCUT2D eigenvalue weighted by atomic mass is 32.2. The lowest BCUT2D eigenvalue weighted by Gasteiger charge is -2.26. The fraction of sp³-hybridized carbons (Fsp3) is 0.391.